The lowest BCUT2D eigenvalue weighted by atomic mass is 9.99. The number of thiocarbonyl (C=S) groups is 1. The molecule has 1 N–H and O–H groups in total. The predicted octanol–water partition coefficient (Wildman–Crippen LogP) is 5.56. The third kappa shape index (κ3) is 4.56. The zero-order valence-electron chi connectivity index (χ0n) is 19.0. The van der Waals surface area contributed by atoms with E-state index in [4.69, 9.17) is 17.0 Å². The normalized spacial score (nSPS) is 14.9. The molecular weight excluding hydrogens is 456 g/mol. The molecule has 0 spiro atoms. The van der Waals surface area contributed by atoms with E-state index in [1.165, 1.54) is 4.90 Å². The van der Waals surface area contributed by atoms with Crippen molar-refractivity contribution in [2.75, 3.05) is 4.90 Å². The van der Waals surface area contributed by atoms with Gasteiger partial charge in [-0.15, -0.1) is 0 Å². The molecular formula is C29H22N2O3S. The van der Waals surface area contributed by atoms with Crippen molar-refractivity contribution in [2.24, 2.45) is 0 Å². The fourth-order valence-corrected chi connectivity index (χ4v) is 4.41. The number of hydrogen-bond acceptors (Lipinski definition) is 4. The van der Waals surface area contributed by atoms with Crippen LogP contribution in [0.4, 0.5) is 5.69 Å². The second-order valence-electron chi connectivity index (χ2n) is 8.27. The van der Waals surface area contributed by atoms with Crippen molar-refractivity contribution in [3.63, 3.8) is 0 Å². The van der Waals surface area contributed by atoms with Gasteiger partial charge in [0.2, 0.25) is 0 Å². The summed E-state index contributed by atoms with van der Waals surface area (Å²) in [5.74, 6) is -0.440. The number of carbonyl (C=O) groups excluding carboxylic acids is 2. The topological polar surface area (TPSA) is 58.6 Å². The number of anilines is 1. The van der Waals surface area contributed by atoms with Crippen LogP contribution in [-0.4, -0.2) is 16.9 Å². The van der Waals surface area contributed by atoms with Crippen LogP contribution in [0.5, 0.6) is 5.75 Å². The Hall–Kier alpha value is -4.29. The highest BCUT2D eigenvalue weighted by Crippen LogP contribution is 2.32. The summed E-state index contributed by atoms with van der Waals surface area (Å²) in [6.07, 6.45) is 1.60. The fourth-order valence-electron chi connectivity index (χ4n) is 4.13. The highest BCUT2D eigenvalue weighted by Gasteiger charge is 2.34. The standard InChI is InChI=1S/C29H22N2O3S/c1-19-8-7-9-20(16-19)18-34-26-15-14-21-10-5-6-13-23(21)24(26)17-25-27(32)30-29(35)31(28(25)33)22-11-3-2-4-12-22/h2-17H,18H2,1H3,(H,30,32,35)/b25-17-. The van der Waals surface area contributed by atoms with Gasteiger partial charge in [-0.05, 0) is 59.8 Å². The van der Waals surface area contributed by atoms with Crippen LogP contribution < -0.4 is 15.0 Å². The van der Waals surface area contributed by atoms with Gasteiger partial charge in [0, 0.05) is 5.56 Å². The van der Waals surface area contributed by atoms with Crippen molar-refractivity contribution in [1.82, 2.24) is 5.32 Å². The number of nitrogens with one attached hydrogen (secondary N) is 1. The zero-order chi connectivity index (χ0) is 24.4. The minimum absolute atomic E-state index is 0.0146. The van der Waals surface area contributed by atoms with Gasteiger partial charge in [0.05, 0.1) is 5.69 Å². The average Bonchev–Trinajstić information content (AvgIpc) is 2.86. The van der Waals surface area contributed by atoms with E-state index in [1.807, 2.05) is 79.7 Å². The van der Waals surface area contributed by atoms with Gasteiger partial charge in [-0.3, -0.25) is 19.8 Å². The van der Waals surface area contributed by atoms with Crippen LogP contribution in [0, 0.1) is 6.92 Å². The summed E-state index contributed by atoms with van der Waals surface area (Å²) in [7, 11) is 0. The summed E-state index contributed by atoms with van der Waals surface area (Å²) < 4.78 is 6.20. The number of benzene rings is 4. The van der Waals surface area contributed by atoms with E-state index in [0.717, 1.165) is 21.9 Å². The number of fused-ring (bicyclic) bond motifs is 1. The van der Waals surface area contributed by atoms with E-state index in [-0.39, 0.29) is 10.7 Å². The smallest absolute Gasteiger partial charge is 0.270 e. The van der Waals surface area contributed by atoms with Gasteiger partial charge in [-0.1, -0.05) is 78.4 Å². The summed E-state index contributed by atoms with van der Waals surface area (Å²) in [5, 5.41) is 4.55. The molecule has 0 unspecified atom stereocenters. The Kier molecular flexibility index (Phi) is 6.12. The number of para-hydroxylation sites is 1. The first kappa shape index (κ1) is 22.5. The molecule has 0 atom stereocenters. The Morgan fingerprint density at radius 2 is 1.69 bits per heavy atom. The molecule has 2 amide bonds. The van der Waals surface area contributed by atoms with Crippen molar-refractivity contribution < 1.29 is 14.3 Å². The number of hydrogen-bond donors (Lipinski definition) is 1. The molecule has 0 saturated carbocycles. The lowest BCUT2D eigenvalue weighted by Crippen LogP contribution is -2.54. The monoisotopic (exact) mass is 478 g/mol. The first-order valence-corrected chi connectivity index (χ1v) is 11.6. The highest BCUT2D eigenvalue weighted by atomic mass is 32.1. The van der Waals surface area contributed by atoms with Gasteiger partial charge in [-0.2, -0.15) is 0 Å². The second kappa shape index (κ2) is 9.52. The molecule has 5 nitrogen and oxygen atoms in total. The van der Waals surface area contributed by atoms with Crippen molar-refractivity contribution in [3.8, 4) is 5.75 Å². The Morgan fingerprint density at radius 3 is 2.49 bits per heavy atom. The SMILES string of the molecule is Cc1cccc(COc2ccc3ccccc3c2/C=C2/C(=O)NC(=S)N(c3ccccc3)C2=O)c1. The summed E-state index contributed by atoms with van der Waals surface area (Å²) in [6, 6.07) is 28.7. The van der Waals surface area contributed by atoms with Gasteiger partial charge >= 0.3 is 0 Å². The molecule has 5 rings (SSSR count). The Bertz CT molecular complexity index is 1490. The molecule has 6 heteroatoms. The van der Waals surface area contributed by atoms with Crippen molar-refractivity contribution in [1.29, 1.82) is 0 Å². The van der Waals surface area contributed by atoms with Crippen molar-refractivity contribution >= 4 is 51.7 Å². The number of ether oxygens (including phenoxy) is 1. The first-order chi connectivity index (χ1) is 17.0. The lowest BCUT2D eigenvalue weighted by molar-refractivity contribution is -0.122. The van der Waals surface area contributed by atoms with Gasteiger partial charge < -0.3 is 4.74 Å². The van der Waals surface area contributed by atoms with E-state index in [1.54, 1.807) is 18.2 Å². The zero-order valence-corrected chi connectivity index (χ0v) is 19.8. The average molecular weight is 479 g/mol. The van der Waals surface area contributed by atoms with Crippen LogP contribution in [0.15, 0.2) is 96.6 Å². The minimum atomic E-state index is -0.537. The maximum atomic E-state index is 13.5. The third-order valence-corrected chi connectivity index (χ3v) is 6.10. The Morgan fingerprint density at radius 1 is 0.914 bits per heavy atom. The summed E-state index contributed by atoms with van der Waals surface area (Å²) in [5.41, 5.74) is 3.41. The van der Waals surface area contributed by atoms with Crippen LogP contribution in [-0.2, 0) is 16.2 Å². The summed E-state index contributed by atoms with van der Waals surface area (Å²) in [6.45, 7) is 2.39. The van der Waals surface area contributed by atoms with Crippen LogP contribution in [0.1, 0.15) is 16.7 Å². The lowest BCUT2D eigenvalue weighted by Gasteiger charge is -2.29. The van der Waals surface area contributed by atoms with Gasteiger partial charge in [0.1, 0.15) is 17.9 Å². The molecule has 4 aromatic rings. The van der Waals surface area contributed by atoms with E-state index in [2.05, 4.69) is 11.4 Å². The molecule has 1 aliphatic rings. The van der Waals surface area contributed by atoms with Gasteiger partial charge in [-0.25, -0.2) is 0 Å². The van der Waals surface area contributed by atoms with Crippen LogP contribution in [0.2, 0.25) is 0 Å². The largest absolute Gasteiger partial charge is 0.488 e. The first-order valence-electron chi connectivity index (χ1n) is 11.2. The number of aryl methyl sites for hydroxylation is 1. The van der Waals surface area contributed by atoms with E-state index < -0.39 is 11.8 Å². The van der Waals surface area contributed by atoms with Crippen molar-refractivity contribution in [3.05, 3.63) is 113 Å². The van der Waals surface area contributed by atoms with E-state index in [0.29, 0.717) is 23.6 Å². The molecule has 35 heavy (non-hydrogen) atoms. The maximum Gasteiger partial charge on any atom is 0.270 e. The molecule has 1 fully saturated rings. The second-order valence-corrected chi connectivity index (χ2v) is 8.66. The molecule has 1 aliphatic heterocycles. The molecule has 0 aromatic heterocycles. The molecule has 172 valence electrons. The van der Waals surface area contributed by atoms with Crippen LogP contribution in [0.3, 0.4) is 0 Å². The third-order valence-electron chi connectivity index (χ3n) is 5.81. The molecule has 0 aliphatic carbocycles. The van der Waals surface area contributed by atoms with Gasteiger partial charge in [0.25, 0.3) is 11.8 Å². The number of rotatable bonds is 5. The predicted molar refractivity (Wildman–Crippen MR) is 142 cm³/mol. The maximum absolute atomic E-state index is 13.5. The minimum Gasteiger partial charge on any atom is -0.488 e. The van der Waals surface area contributed by atoms with Crippen LogP contribution >= 0.6 is 12.2 Å². The number of carbonyl (C=O) groups is 2. The molecule has 4 aromatic carbocycles. The molecule has 1 heterocycles. The molecule has 1 saturated heterocycles. The van der Waals surface area contributed by atoms with E-state index in [9.17, 15) is 9.59 Å². The molecule has 0 radical (unpaired) electrons. The van der Waals surface area contributed by atoms with Gasteiger partial charge in [0.15, 0.2) is 5.11 Å². The fraction of sp³-hybridized carbons (Fsp3) is 0.0690. The molecule has 0 bridgehead atoms. The van der Waals surface area contributed by atoms with Crippen LogP contribution in [0.25, 0.3) is 16.8 Å². The summed E-state index contributed by atoms with van der Waals surface area (Å²) >= 11 is 5.31. The van der Waals surface area contributed by atoms with E-state index >= 15 is 0 Å². The summed E-state index contributed by atoms with van der Waals surface area (Å²) in [4.78, 5) is 27.7. The Labute approximate surface area is 208 Å². The Balaban J connectivity index is 1.58. The van der Waals surface area contributed by atoms with Crippen molar-refractivity contribution in [2.45, 2.75) is 13.5 Å². The quantitative estimate of drug-likeness (QED) is 0.232. The number of nitrogens with zero attached hydrogens (tertiary/aromatic N) is 1. The number of amides is 2. The highest BCUT2D eigenvalue weighted by molar-refractivity contribution is 7.80.